The highest BCUT2D eigenvalue weighted by molar-refractivity contribution is 5.99. The summed E-state index contributed by atoms with van der Waals surface area (Å²) in [6, 6.07) is 4.35. The maximum Gasteiger partial charge on any atom is 0.154 e. The predicted octanol–water partition coefficient (Wildman–Crippen LogP) is 4.18. The van der Waals surface area contributed by atoms with Crippen LogP contribution in [0.3, 0.4) is 0 Å². The predicted molar refractivity (Wildman–Crippen MR) is 136 cm³/mol. The summed E-state index contributed by atoms with van der Waals surface area (Å²) in [4.78, 5) is 17.2. The minimum atomic E-state index is 0.228. The van der Waals surface area contributed by atoms with E-state index in [1.54, 1.807) is 6.92 Å². The maximum absolute atomic E-state index is 8.41. The molecule has 0 aliphatic carbocycles. The van der Waals surface area contributed by atoms with Gasteiger partial charge in [0.2, 0.25) is 0 Å². The standard InChI is InChI=1S/C25H39N7O/c1-7-18(15-32-11-13-33-14-12-32)28-25-22(17(5)26)31-23(20(8-2)29-25)19-9-10-21(16(3)4)30-24(19)27-6/h9-10,16,18,26H,7-8,11-15H2,1-6H3,(H,27,30)(H,28,29). The minimum absolute atomic E-state index is 0.228. The van der Waals surface area contributed by atoms with Crippen LogP contribution in [0.15, 0.2) is 12.1 Å². The van der Waals surface area contributed by atoms with E-state index in [2.05, 4.69) is 55.4 Å². The van der Waals surface area contributed by atoms with Gasteiger partial charge in [-0.25, -0.2) is 15.0 Å². The fourth-order valence-corrected chi connectivity index (χ4v) is 4.04. The highest BCUT2D eigenvalue weighted by Crippen LogP contribution is 2.31. The number of nitrogens with one attached hydrogen (secondary N) is 3. The van der Waals surface area contributed by atoms with Crippen LogP contribution in [-0.2, 0) is 11.2 Å². The molecule has 1 atom stereocenters. The quantitative estimate of drug-likeness (QED) is 0.464. The highest BCUT2D eigenvalue weighted by atomic mass is 16.5. The smallest absolute Gasteiger partial charge is 0.154 e. The summed E-state index contributed by atoms with van der Waals surface area (Å²) in [5.74, 6) is 1.82. The van der Waals surface area contributed by atoms with E-state index in [9.17, 15) is 0 Å². The summed E-state index contributed by atoms with van der Waals surface area (Å²) in [6.45, 7) is 14.7. The molecule has 33 heavy (non-hydrogen) atoms. The van der Waals surface area contributed by atoms with Gasteiger partial charge in [0, 0.05) is 44.0 Å². The zero-order chi connectivity index (χ0) is 24.0. The van der Waals surface area contributed by atoms with Crippen molar-refractivity contribution >= 4 is 17.3 Å². The number of anilines is 2. The fourth-order valence-electron chi connectivity index (χ4n) is 4.04. The Morgan fingerprint density at radius 3 is 2.42 bits per heavy atom. The molecule has 0 spiro atoms. The molecule has 8 heteroatoms. The molecule has 0 radical (unpaired) electrons. The highest BCUT2D eigenvalue weighted by Gasteiger charge is 2.22. The third kappa shape index (κ3) is 6.06. The molecular formula is C25H39N7O. The van der Waals surface area contributed by atoms with Gasteiger partial charge in [-0.1, -0.05) is 27.7 Å². The summed E-state index contributed by atoms with van der Waals surface area (Å²) >= 11 is 0. The Hall–Kier alpha value is -2.58. The number of pyridine rings is 1. The molecule has 1 saturated heterocycles. The van der Waals surface area contributed by atoms with Gasteiger partial charge < -0.3 is 20.8 Å². The second-order valence-electron chi connectivity index (χ2n) is 8.89. The summed E-state index contributed by atoms with van der Waals surface area (Å²) in [5, 5.41) is 15.2. The van der Waals surface area contributed by atoms with Crippen molar-refractivity contribution in [1.82, 2.24) is 19.9 Å². The number of rotatable bonds is 10. The molecule has 1 unspecified atom stereocenters. The lowest BCUT2D eigenvalue weighted by molar-refractivity contribution is 0.0360. The van der Waals surface area contributed by atoms with E-state index in [1.165, 1.54) is 0 Å². The van der Waals surface area contributed by atoms with Crippen LogP contribution in [0, 0.1) is 5.41 Å². The first kappa shape index (κ1) is 25.1. The van der Waals surface area contributed by atoms with E-state index >= 15 is 0 Å². The molecule has 3 N–H and O–H groups in total. The van der Waals surface area contributed by atoms with Crippen molar-refractivity contribution in [1.29, 1.82) is 5.41 Å². The number of hydrogen-bond acceptors (Lipinski definition) is 8. The molecule has 0 amide bonds. The molecule has 0 aromatic carbocycles. The number of morpholine rings is 1. The molecule has 180 valence electrons. The van der Waals surface area contributed by atoms with Crippen LogP contribution in [0.1, 0.15) is 64.0 Å². The third-order valence-electron chi connectivity index (χ3n) is 6.07. The van der Waals surface area contributed by atoms with Crippen LogP contribution in [0.5, 0.6) is 0 Å². The Labute approximate surface area is 198 Å². The van der Waals surface area contributed by atoms with Gasteiger partial charge in [-0.15, -0.1) is 0 Å². The molecule has 8 nitrogen and oxygen atoms in total. The Kier molecular flexibility index (Phi) is 8.74. The lowest BCUT2D eigenvalue weighted by atomic mass is 10.0. The first-order chi connectivity index (χ1) is 15.9. The SMILES string of the molecule is CCc1nc(NC(CC)CN2CCOCC2)c(C(C)=N)nc1-c1ccc(C(C)C)nc1NC. The van der Waals surface area contributed by atoms with Crippen LogP contribution >= 0.6 is 0 Å². The van der Waals surface area contributed by atoms with Crippen LogP contribution in [-0.4, -0.2) is 71.5 Å². The van der Waals surface area contributed by atoms with Crippen LogP contribution in [0.4, 0.5) is 11.6 Å². The molecule has 0 bridgehead atoms. The van der Waals surface area contributed by atoms with Crippen LogP contribution in [0.25, 0.3) is 11.3 Å². The van der Waals surface area contributed by atoms with Crippen molar-refractivity contribution in [2.45, 2.75) is 59.4 Å². The monoisotopic (exact) mass is 453 g/mol. The molecule has 3 heterocycles. The second kappa shape index (κ2) is 11.5. The van der Waals surface area contributed by atoms with Crippen molar-refractivity contribution in [3.63, 3.8) is 0 Å². The third-order valence-corrected chi connectivity index (χ3v) is 6.07. The van der Waals surface area contributed by atoms with Gasteiger partial charge in [-0.2, -0.15) is 0 Å². The van der Waals surface area contributed by atoms with Gasteiger partial charge in [0.05, 0.1) is 30.3 Å². The van der Waals surface area contributed by atoms with Gasteiger partial charge in [0.1, 0.15) is 11.5 Å². The molecule has 3 rings (SSSR count). The topological polar surface area (TPSA) is 99.0 Å². The molecular weight excluding hydrogens is 414 g/mol. The van der Waals surface area contributed by atoms with E-state index in [1.807, 2.05) is 7.05 Å². The second-order valence-corrected chi connectivity index (χ2v) is 8.89. The molecule has 2 aromatic heterocycles. The summed E-state index contributed by atoms with van der Waals surface area (Å²) in [5.41, 5.74) is 4.63. The van der Waals surface area contributed by atoms with Gasteiger partial charge in [-0.3, -0.25) is 4.90 Å². The Morgan fingerprint density at radius 2 is 1.85 bits per heavy atom. The maximum atomic E-state index is 8.41. The largest absolute Gasteiger partial charge is 0.379 e. The number of hydrogen-bond donors (Lipinski definition) is 3. The summed E-state index contributed by atoms with van der Waals surface area (Å²) in [6.07, 6.45) is 1.70. The Balaban J connectivity index is 1.98. The molecule has 0 saturated carbocycles. The average Bonchev–Trinajstić information content (AvgIpc) is 2.83. The summed E-state index contributed by atoms with van der Waals surface area (Å²) < 4.78 is 5.49. The van der Waals surface area contributed by atoms with E-state index in [4.69, 9.17) is 25.1 Å². The molecule has 1 aliphatic rings. The number of nitrogens with zero attached hydrogens (tertiary/aromatic N) is 4. The van der Waals surface area contributed by atoms with Crippen molar-refractivity contribution in [2.24, 2.45) is 0 Å². The first-order valence-electron chi connectivity index (χ1n) is 12.1. The van der Waals surface area contributed by atoms with Crippen molar-refractivity contribution in [2.75, 3.05) is 50.5 Å². The fraction of sp³-hybridized carbons (Fsp3) is 0.600. The normalized spacial score (nSPS) is 15.5. The number of ether oxygens (including phenoxy) is 1. The van der Waals surface area contributed by atoms with Crippen LogP contribution < -0.4 is 10.6 Å². The average molecular weight is 454 g/mol. The van der Waals surface area contributed by atoms with Crippen molar-refractivity contribution in [3.8, 4) is 11.3 Å². The Morgan fingerprint density at radius 1 is 1.12 bits per heavy atom. The summed E-state index contributed by atoms with van der Waals surface area (Å²) in [7, 11) is 1.88. The zero-order valence-corrected chi connectivity index (χ0v) is 21.0. The lowest BCUT2D eigenvalue weighted by Gasteiger charge is -2.31. The first-order valence-corrected chi connectivity index (χ1v) is 12.1. The van der Waals surface area contributed by atoms with Gasteiger partial charge in [-0.05, 0) is 37.8 Å². The zero-order valence-electron chi connectivity index (χ0n) is 21.0. The molecule has 2 aromatic rings. The Bertz CT molecular complexity index is 954. The number of aryl methyl sites for hydroxylation is 1. The van der Waals surface area contributed by atoms with E-state index in [0.717, 1.165) is 74.2 Å². The number of aromatic nitrogens is 3. The molecule has 1 fully saturated rings. The van der Waals surface area contributed by atoms with E-state index in [0.29, 0.717) is 23.1 Å². The van der Waals surface area contributed by atoms with E-state index in [-0.39, 0.29) is 6.04 Å². The van der Waals surface area contributed by atoms with Gasteiger partial charge >= 0.3 is 0 Å². The van der Waals surface area contributed by atoms with Crippen molar-refractivity contribution in [3.05, 3.63) is 29.2 Å². The molecule has 1 aliphatic heterocycles. The minimum Gasteiger partial charge on any atom is -0.379 e. The lowest BCUT2D eigenvalue weighted by Crippen LogP contribution is -2.43. The van der Waals surface area contributed by atoms with Gasteiger partial charge in [0.15, 0.2) is 5.82 Å². The van der Waals surface area contributed by atoms with Gasteiger partial charge in [0.25, 0.3) is 0 Å². The van der Waals surface area contributed by atoms with Crippen molar-refractivity contribution < 1.29 is 4.74 Å². The van der Waals surface area contributed by atoms with E-state index < -0.39 is 0 Å². The van der Waals surface area contributed by atoms with Crippen LogP contribution in [0.2, 0.25) is 0 Å².